The molecule has 0 aliphatic heterocycles. The van der Waals surface area contributed by atoms with Crippen molar-refractivity contribution in [2.45, 2.75) is 40.0 Å². The number of benzene rings is 1. The third-order valence-electron chi connectivity index (χ3n) is 2.42. The molecule has 0 aliphatic rings. The second-order valence-corrected chi connectivity index (χ2v) is 3.72. The van der Waals surface area contributed by atoms with Crippen molar-refractivity contribution in [2.75, 3.05) is 13.7 Å². The fourth-order valence-electron chi connectivity index (χ4n) is 1.46. The monoisotopic (exact) mass is 268 g/mol. The van der Waals surface area contributed by atoms with Gasteiger partial charge >= 0.3 is 5.97 Å². The predicted molar refractivity (Wildman–Crippen MR) is 76.3 cm³/mol. The maximum absolute atomic E-state index is 11.0. The Morgan fingerprint density at radius 2 is 1.95 bits per heavy atom. The molecule has 1 aromatic carbocycles. The maximum atomic E-state index is 11.0. The van der Waals surface area contributed by atoms with Crippen LogP contribution < -0.4 is 9.47 Å². The molecule has 0 saturated heterocycles. The van der Waals surface area contributed by atoms with Gasteiger partial charge in [-0.2, -0.15) is 0 Å². The lowest BCUT2D eigenvalue weighted by atomic mass is 10.2. The highest BCUT2D eigenvalue weighted by atomic mass is 16.5. The van der Waals surface area contributed by atoms with Crippen LogP contribution >= 0.6 is 0 Å². The van der Waals surface area contributed by atoms with Crippen LogP contribution in [0.2, 0.25) is 0 Å². The average molecular weight is 268 g/mol. The second kappa shape index (κ2) is 10.2. The summed E-state index contributed by atoms with van der Waals surface area (Å²) < 4.78 is 10.4. The zero-order valence-electron chi connectivity index (χ0n) is 12.2. The summed E-state index contributed by atoms with van der Waals surface area (Å²) in [5, 5.41) is 9.05. The van der Waals surface area contributed by atoms with E-state index in [1.54, 1.807) is 12.1 Å². The largest absolute Gasteiger partial charge is 0.497 e. The zero-order chi connectivity index (χ0) is 14.7. The lowest BCUT2D eigenvalue weighted by Crippen LogP contribution is -2.04. The molecule has 1 N–H and O–H groups in total. The number of carboxylic acid groups (broad SMARTS) is 1. The molecule has 0 heterocycles. The molecule has 1 aromatic rings. The molecule has 4 heteroatoms. The quantitative estimate of drug-likeness (QED) is 0.760. The SMILES string of the molecule is CC.CCCCCOc1ccc(OC)cc1C(=O)O. The lowest BCUT2D eigenvalue weighted by Gasteiger charge is -2.10. The van der Waals surface area contributed by atoms with Gasteiger partial charge in [0.1, 0.15) is 17.1 Å². The summed E-state index contributed by atoms with van der Waals surface area (Å²) in [7, 11) is 1.50. The highest BCUT2D eigenvalue weighted by molar-refractivity contribution is 5.91. The summed E-state index contributed by atoms with van der Waals surface area (Å²) in [4.78, 5) is 11.0. The number of hydrogen-bond donors (Lipinski definition) is 1. The van der Waals surface area contributed by atoms with Crippen molar-refractivity contribution in [3.8, 4) is 11.5 Å². The van der Waals surface area contributed by atoms with Crippen molar-refractivity contribution in [3.05, 3.63) is 23.8 Å². The number of carboxylic acids is 1. The van der Waals surface area contributed by atoms with Crippen LogP contribution in [0.15, 0.2) is 18.2 Å². The minimum atomic E-state index is -1.01. The number of unbranched alkanes of at least 4 members (excludes halogenated alkanes) is 2. The van der Waals surface area contributed by atoms with E-state index >= 15 is 0 Å². The Morgan fingerprint density at radius 3 is 2.47 bits per heavy atom. The van der Waals surface area contributed by atoms with Crippen LogP contribution in [0.1, 0.15) is 50.4 Å². The van der Waals surface area contributed by atoms with Crippen molar-refractivity contribution in [2.24, 2.45) is 0 Å². The summed E-state index contributed by atoms with van der Waals surface area (Å²) in [6, 6.07) is 4.80. The minimum absolute atomic E-state index is 0.140. The molecule has 1 rings (SSSR count). The van der Waals surface area contributed by atoms with Crippen molar-refractivity contribution in [3.63, 3.8) is 0 Å². The fraction of sp³-hybridized carbons (Fsp3) is 0.533. The summed E-state index contributed by atoms with van der Waals surface area (Å²) in [5.41, 5.74) is 0.140. The maximum Gasteiger partial charge on any atom is 0.339 e. The molecular formula is C15H24O4. The molecule has 0 aromatic heterocycles. The number of carbonyl (C=O) groups is 1. The second-order valence-electron chi connectivity index (χ2n) is 3.72. The van der Waals surface area contributed by atoms with E-state index in [0.29, 0.717) is 18.1 Å². The summed E-state index contributed by atoms with van der Waals surface area (Å²) in [6.07, 6.45) is 3.12. The van der Waals surface area contributed by atoms with Crippen LogP contribution in [0.25, 0.3) is 0 Å². The molecule has 0 spiro atoms. The standard InChI is InChI=1S/C13H18O4.C2H6/c1-3-4-5-8-17-12-7-6-10(16-2)9-11(12)13(14)15;1-2/h6-7,9H,3-5,8H2,1-2H3,(H,14,15);1-2H3. The van der Waals surface area contributed by atoms with Gasteiger partial charge < -0.3 is 14.6 Å². The van der Waals surface area contributed by atoms with Crippen LogP contribution in [0.3, 0.4) is 0 Å². The molecular weight excluding hydrogens is 244 g/mol. The Hall–Kier alpha value is -1.71. The molecule has 0 amide bonds. The molecule has 4 nitrogen and oxygen atoms in total. The highest BCUT2D eigenvalue weighted by Crippen LogP contribution is 2.24. The first-order valence-electron chi connectivity index (χ1n) is 6.73. The molecule has 0 fully saturated rings. The molecule has 0 radical (unpaired) electrons. The predicted octanol–water partition coefficient (Wildman–Crippen LogP) is 3.99. The van der Waals surface area contributed by atoms with E-state index in [9.17, 15) is 4.79 Å². The van der Waals surface area contributed by atoms with Crippen molar-refractivity contribution < 1.29 is 19.4 Å². The number of aromatic carboxylic acids is 1. The van der Waals surface area contributed by atoms with E-state index in [2.05, 4.69) is 6.92 Å². The zero-order valence-corrected chi connectivity index (χ0v) is 12.2. The van der Waals surface area contributed by atoms with Crippen LogP contribution in [0.5, 0.6) is 11.5 Å². The van der Waals surface area contributed by atoms with Gasteiger partial charge in [-0.3, -0.25) is 0 Å². The van der Waals surface area contributed by atoms with Gasteiger partial charge in [0.15, 0.2) is 0 Å². The Labute approximate surface area is 115 Å². The van der Waals surface area contributed by atoms with E-state index in [4.69, 9.17) is 14.6 Å². The summed E-state index contributed by atoms with van der Waals surface area (Å²) in [6.45, 7) is 6.65. The highest BCUT2D eigenvalue weighted by Gasteiger charge is 2.12. The molecule has 108 valence electrons. The first kappa shape index (κ1) is 17.3. The molecule has 0 bridgehead atoms. The normalized spacial score (nSPS) is 9.26. The van der Waals surface area contributed by atoms with Crippen LogP contribution in [0, 0.1) is 0 Å². The smallest absolute Gasteiger partial charge is 0.339 e. The first-order valence-corrected chi connectivity index (χ1v) is 6.73. The van der Waals surface area contributed by atoms with Gasteiger partial charge in [-0.1, -0.05) is 33.6 Å². The van der Waals surface area contributed by atoms with Gasteiger partial charge in [-0.15, -0.1) is 0 Å². The number of methoxy groups -OCH3 is 1. The summed E-state index contributed by atoms with van der Waals surface area (Å²) in [5.74, 6) is -0.0906. The molecule has 0 atom stereocenters. The van der Waals surface area contributed by atoms with E-state index < -0.39 is 5.97 Å². The van der Waals surface area contributed by atoms with Crippen LogP contribution in [-0.2, 0) is 0 Å². The van der Waals surface area contributed by atoms with E-state index in [1.165, 1.54) is 13.2 Å². The van der Waals surface area contributed by atoms with Crippen molar-refractivity contribution in [1.82, 2.24) is 0 Å². The molecule has 19 heavy (non-hydrogen) atoms. The van der Waals surface area contributed by atoms with Gasteiger partial charge in [0.05, 0.1) is 13.7 Å². The third-order valence-corrected chi connectivity index (χ3v) is 2.42. The first-order chi connectivity index (χ1) is 9.19. The Morgan fingerprint density at radius 1 is 1.26 bits per heavy atom. The van der Waals surface area contributed by atoms with Gasteiger partial charge in [0, 0.05) is 0 Å². The van der Waals surface area contributed by atoms with Crippen molar-refractivity contribution >= 4 is 5.97 Å². The van der Waals surface area contributed by atoms with Gasteiger partial charge in [-0.05, 0) is 24.6 Å². The molecule has 0 saturated carbocycles. The van der Waals surface area contributed by atoms with Gasteiger partial charge in [0.25, 0.3) is 0 Å². The van der Waals surface area contributed by atoms with Crippen LogP contribution in [0.4, 0.5) is 0 Å². The number of hydrogen-bond acceptors (Lipinski definition) is 3. The third kappa shape index (κ3) is 6.13. The Bertz CT molecular complexity index is 374. The Balaban J connectivity index is 0.00000154. The number of rotatable bonds is 7. The van der Waals surface area contributed by atoms with E-state index in [0.717, 1.165) is 19.3 Å². The molecule has 0 aliphatic carbocycles. The Kier molecular flexibility index (Phi) is 9.31. The minimum Gasteiger partial charge on any atom is -0.497 e. The van der Waals surface area contributed by atoms with E-state index in [1.807, 2.05) is 13.8 Å². The van der Waals surface area contributed by atoms with Gasteiger partial charge in [-0.25, -0.2) is 4.79 Å². The molecule has 0 unspecified atom stereocenters. The lowest BCUT2D eigenvalue weighted by molar-refractivity contribution is 0.0691. The fourth-order valence-corrected chi connectivity index (χ4v) is 1.46. The van der Waals surface area contributed by atoms with Crippen molar-refractivity contribution in [1.29, 1.82) is 0 Å². The van der Waals surface area contributed by atoms with E-state index in [-0.39, 0.29) is 5.56 Å². The van der Waals surface area contributed by atoms with Gasteiger partial charge in [0.2, 0.25) is 0 Å². The summed E-state index contributed by atoms with van der Waals surface area (Å²) >= 11 is 0. The van der Waals surface area contributed by atoms with Crippen LogP contribution in [-0.4, -0.2) is 24.8 Å². The topological polar surface area (TPSA) is 55.8 Å². The number of ether oxygens (including phenoxy) is 2. The average Bonchev–Trinajstić information content (AvgIpc) is 2.45.